The molecule has 2 aliphatic rings. The molecule has 5 heteroatoms. The Kier molecular flexibility index (Phi) is 13.5. The van der Waals surface area contributed by atoms with Gasteiger partial charge in [0.1, 0.15) is 0 Å². The molecule has 48 heavy (non-hydrogen) atoms. The van der Waals surface area contributed by atoms with Gasteiger partial charge in [0.15, 0.2) is 0 Å². The van der Waals surface area contributed by atoms with Crippen molar-refractivity contribution in [2.75, 3.05) is 4.90 Å². The number of hydrogen-bond donors (Lipinski definition) is 0. The van der Waals surface area contributed by atoms with E-state index in [1.54, 1.807) is 0 Å². The van der Waals surface area contributed by atoms with Gasteiger partial charge in [-0.3, -0.25) is 0 Å². The summed E-state index contributed by atoms with van der Waals surface area (Å²) in [6.45, 7) is 14.7. The molecule has 0 aromatic heterocycles. The summed E-state index contributed by atoms with van der Waals surface area (Å²) >= 11 is -1.85. The van der Waals surface area contributed by atoms with E-state index in [2.05, 4.69) is 141 Å². The molecule has 0 amide bonds. The monoisotopic (exact) mass is 769 g/mol. The van der Waals surface area contributed by atoms with E-state index >= 15 is 0 Å². The normalized spacial score (nSPS) is 16.8. The van der Waals surface area contributed by atoms with Crippen LogP contribution in [0.5, 0.6) is 0 Å². The topological polar surface area (TPSA) is 6.48 Å². The van der Waals surface area contributed by atoms with Crippen molar-refractivity contribution in [2.24, 2.45) is 5.41 Å². The Hall–Kier alpha value is -2.29. The Bertz CT molecular complexity index is 1540. The zero-order chi connectivity index (χ0) is 34.0. The SMILES string of the molecule is CCc1cccc(CC)c1N1[CH-]C2(CCCCC2)CC1(C)C.[Cl][Ru]([Cl])=[CH]c1ccccc1CN(Cc1ccccc1)Cc1ccccc1. The molecule has 0 unspecified atom stereocenters. The predicted octanol–water partition coefficient (Wildman–Crippen LogP) is 11.9. The van der Waals surface area contributed by atoms with Crippen LogP contribution in [0.25, 0.3) is 0 Å². The first kappa shape index (κ1) is 37.0. The number of hydrogen-bond acceptors (Lipinski definition) is 2. The number of aryl methyl sites for hydroxylation is 2. The van der Waals surface area contributed by atoms with Gasteiger partial charge in [-0.1, -0.05) is 70.6 Å². The molecule has 258 valence electrons. The van der Waals surface area contributed by atoms with Gasteiger partial charge in [0.05, 0.1) is 0 Å². The van der Waals surface area contributed by atoms with E-state index in [1.807, 2.05) is 10.7 Å². The maximum atomic E-state index is 6.12. The van der Waals surface area contributed by atoms with E-state index in [0.717, 1.165) is 38.0 Å². The molecule has 1 saturated heterocycles. The summed E-state index contributed by atoms with van der Waals surface area (Å²) < 4.78 is 2.03. The van der Waals surface area contributed by atoms with Crippen LogP contribution in [0.3, 0.4) is 0 Å². The summed E-state index contributed by atoms with van der Waals surface area (Å²) in [5, 5.41) is 0. The molecule has 2 fully saturated rings. The van der Waals surface area contributed by atoms with Gasteiger partial charge in [-0.25, -0.2) is 6.54 Å². The molecular weight excluding hydrogens is 716 g/mol. The van der Waals surface area contributed by atoms with Gasteiger partial charge in [-0.15, -0.1) is 5.41 Å². The average molecular weight is 770 g/mol. The standard InChI is InChI=1S/C22H21N.C21H32N.2ClH.Ru/c1-19-10-8-9-15-22(19)18-23(16-20-11-4-2-5-12-20)17-21-13-6-3-7-14-21;1-5-17-11-10-12-18(6-2)19(17)22-16-21(15-20(22,3)4)13-8-7-9-14-21;;;/h1-15H,16-18H2;10-12,16H,5-9,13-15H2,1-4H3;2*1H;/q;-1;;;+2/p-2. The van der Waals surface area contributed by atoms with Crippen LogP contribution in [-0.4, -0.2) is 15.0 Å². The first-order valence-corrected chi connectivity index (χ1v) is 23.2. The third-order valence-electron chi connectivity index (χ3n) is 10.0. The minimum atomic E-state index is -1.85. The van der Waals surface area contributed by atoms with Crippen LogP contribution in [0, 0.1) is 12.0 Å². The van der Waals surface area contributed by atoms with Crippen molar-refractivity contribution in [1.29, 1.82) is 0 Å². The van der Waals surface area contributed by atoms with Crippen LogP contribution in [-0.2, 0) is 46.0 Å². The molecule has 1 heterocycles. The van der Waals surface area contributed by atoms with E-state index in [-0.39, 0.29) is 5.54 Å². The molecular formula is C43H53Cl2N2Ru-. The molecule has 1 spiro atoms. The van der Waals surface area contributed by atoms with Crippen molar-refractivity contribution in [2.45, 2.75) is 104 Å². The molecule has 0 atom stereocenters. The first-order valence-electron chi connectivity index (χ1n) is 17.7. The third-order valence-corrected chi connectivity index (χ3v) is 11.9. The Morgan fingerprint density at radius 2 is 1.21 bits per heavy atom. The van der Waals surface area contributed by atoms with Crippen LogP contribution in [0.1, 0.15) is 99.6 Å². The maximum absolute atomic E-state index is 6.12. The average Bonchev–Trinajstić information content (AvgIpc) is 3.34. The van der Waals surface area contributed by atoms with Crippen molar-refractivity contribution in [3.8, 4) is 0 Å². The van der Waals surface area contributed by atoms with Crippen LogP contribution in [0.2, 0.25) is 0 Å². The Morgan fingerprint density at radius 3 is 1.75 bits per heavy atom. The third kappa shape index (κ3) is 9.91. The fourth-order valence-corrected chi connectivity index (χ4v) is 9.73. The molecule has 0 radical (unpaired) electrons. The van der Waals surface area contributed by atoms with Crippen molar-refractivity contribution in [3.63, 3.8) is 0 Å². The Balaban J connectivity index is 0.000000190. The molecule has 1 aliphatic carbocycles. The fourth-order valence-electron chi connectivity index (χ4n) is 7.85. The minimum absolute atomic E-state index is 0.243. The molecule has 0 bridgehead atoms. The molecule has 0 N–H and O–H groups in total. The Labute approximate surface area is 304 Å². The van der Waals surface area contributed by atoms with Gasteiger partial charge >= 0.3 is 169 Å². The zero-order valence-electron chi connectivity index (χ0n) is 29.3. The number of para-hydroxylation sites is 1. The van der Waals surface area contributed by atoms with Gasteiger partial charge in [-0.2, -0.15) is 0 Å². The predicted molar refractivity (Wildman–Crippen MR) is 205 cm³/mol. The van der Waals surface area contributed by atoms with Crippen molar-refractivity contribution < 1.29 is 13.5 Å². The molecule has 6 rings (SSSR count). The van der Waals surface area contributed by atoms with Gasteiger partial charge in [-0.05, 0) is 37.8 Å². The number of halogens is 2. The van der Waals surface area contributed by atoms with E-state index in [1.165, 1.54) is 72.0 Å². The summed E-state index contributed by atoms with van der Waals surface area (Å²) in [6.07, 6.45) is 10.6. The van der Waals surface area contributed by atoms with Gasteiger partial charge < -0.3 is 4.90 Å². The zero-order valence-corrected chi connectivity index (χ0v) is 32.5. The molecule has 1 saturated carbocycles. The van der Waals surface area contributed by atoms with Gasteiger partial charge in [0.2, 0.25) is 0 Å². The van der Waals surface area contributed by atoms with Gasteiger partial charge in [0.25, 0.3) is 0 Å². The summed E-state index contributed by atoms with van der Waals surface area (Å²) in [7, 11) is 12.2. The first-order chi connectivity index (χ1) is 23.2. The Morgan fingerprint density at radius 1 is 0.688 bits per heavy atom. The molecule has 4 aromatic rings. The van der Waals surface area contributed by atoms with Crippen LogP contribution in [0.15, 0.2) is 103 Å². The van der Waals surface area contributed by atoms with Gasteiger partial charge in [0, 0.05) is 11.2 Å². The summed E-state index contributed by atoms with van der Waals surface area (Å²) in [5.41, 5.74) is 10.3. The number of anilines is 1. The molecule has 1 aliphatic heterocycles. The van der Waals surface area contributed by atoms with E-state index in [4.69, 9.17) is 19.4 Å². The summed E-state index contributed by atoms with van der Waals surface area (Å²) in [6, 6.07) is 36.5. The van der Waals surface area contributed by atoms with E-state index in [9.17, 15) is 0 Å². The van der Waals surface area contributed by atoms with Crippen molar-refractivity contribution in [1.82, 2.24) is 4.90 Å². The van der Waals surface area contributed by atoms with E-state index < -0.39 is 13.5 Å². The number of benzene rings is 4. The molecule has 4 aromatic carbocycles. The summed E-state index contributed by atoms with van der Waals surface area (Å²) in [4.78, 5) is 5.12. The second kappa shape index (κ2) is 17.6. The number of nitrogens with zero attached hydrogens (tertiary/aromatic N) is 2. The van der Waals surface area contributed by atoms with Crippen LogP contribution >= 0.6 is 19.4 Å². The second-order valence-corrected chi connectivity index (χ2v) is 19.9. The van der Waals surface area contributed by atoms with Crippen molar-refractivity contribution in [3.05, 3.63) is 143 Å². The number of rotatable bonds is 10. The second-order valence-electron chi connectivity index (χ2n) is 14.2. The fraction of sp³-hybridized carbons (Fsp3) is 0.395. The molecule has 2 nitrogen and oxygen atoms in total. The van der Waals surface area contributed by atoms with E-state index in [0.29, 0.717) is 5.41 Å². The quantitative estimate of drug-likeness (QED) is 0.117. The van der Waals surface area contributed by atoms with Crippen molar-refractivity contribution >= 4 is 29.7 Å². The van der Waals surface area contributed by atoms with Crippen LogP contribution in [0.4, 0.5) is 5.69 Å². The van der Waals surface area contributed by atoms with Crippen LogP contribution < -0.4 is 4.90 Å². The summed E-state index contributed by atoms with van der Waals surface area (Å²) in [5.74, 6) is 0.